The number of rotatable bonds is 5. The highest BCUT2D eigenvalue weighted by atomic mass is 32.1. The average Bonchev–Trinajstić information content (AvgIpc) is 2.81. The number of nitro benzene ring substituents is 1. The zero-order chi connectivity index (χ0) is 13.8. The van der Waals surface area contributed by atoms with Crippen molar-refractivity contribution in [2.24, 2.45) is 0 Å². The van der Waals surface area contributed by atoms with E-state index in [9.17, 15) is 10.1 Å². The van der Waals surface area contributed by atoms with Crippen LogP contribution in [-0.2, 0) is 13.0 Å². The predicted molar refractivity (Wildman–Crippen MR) is 76.7 cm³/mol. The fraction of sp³-hybridized carbons (Fsp3) is 0.308. The van der Waals surface area contributed by atoms with Crippen molar-refractivity contribution in [2.45, 2.75) is 26.8 Å². The Morgan fingerprint density at radius 2 is 2.26 bits per heavy atom. The molecule has 0 saturated heterocycles. The van der Waals surface area contributed by atoms with Crippen molar-refractivity contribution in [3.05, 3.63) is 50.0 Å². The summed E-state index contributed by atoms with van der Waals surface area (Å²) >= 11 is 1.62. The van der Waals surface area contributed by atoms with Gasteiger partial charge in [-0.15, -0.1) is 11.3 Å². The van der Waals surface area contributed by atoms with Crippen molar-refractivity contribution in [2.75, 3.05) is 5.32 Å². The molecule has 0 aliphatic carbocycles. The molecule has 19 heavy (non-hydrogen) atoms. The van der Waals surface area contributed by atoms with Crippen LogP contribution >= 0.6 is 11.3 Å². The Bertz CT molecular complexity index is 595. The molecule has 2 aromatic rings. The molecule has 1 heterocycles. The molecule has 6 heteroatoms. The molecule has 1 aromatic carbocycles. The number of nitro groups is 1. The number of hydrogen-bond acceptors (Lipinski definition) is 5. The van der Waals surface area contributed by atoms with Gasteiger partial charge in [0.25, 0.3) is 5.69 Å². The normalized spacial score (nSPS) is 10.4. The molecule has 0 radical (unpaired) electrons. The van der Waals surface area contributed by atoms with Crippen LogP contribution in [0.1, 0.15) is 22.4 Å². The van der Waals surface area contributed by atoms with E-state index in [1.165, 1.54) is 0 Å². The Balaban J connectivity index is 2.12. The second-order valence-corrected chi connectivity index (χ2v) is 5.47. The maximum Gasteiger partial charge on any atom is 0.274 e. The summed E-state index contributed by atoms with van der Waals surface area (Å²) in [4.78, 5) is 15.9. The lowest BCUT2D eigenvalue weighted by Gasteiger charge is -2.06. The zero-order valence-electron chi connectivity index (χ0n) is 10.8. The van der Waals surface area contributed by atoms with E-state index >= 15 is 0 Å². The van der Waals surface area contributed by atoms with Gasteiger partial charge in [0.15, 0.2) is 0 Å². The molecule has 0 aliphatic heterocycles. The first kappa shape index (κ1) is 13.5. The summed E-state index contributed by atoms with van der Waals surface area (Å²) in [6.07, 6.45) is 2.48. The lowest BCUT2D eigenvalue weighted by molar-refractivity contribution is -0.385. The highest BCUT2D eigenvalue weighted by Crippen LogP contribution is 2.24. The number of aromatic nitrogens is 1. The number of hydrogen-bond donors (Lipinski definition) is 1. The van der Waals surface area contributed by atoms with Gasteiger partial charge in [-0.05, 0) is 19.4 Å². The standard InChI is InChI=1S/C13H15N3O2S/c1-3-10-4-5-11(6-13(10)16(17)18)15-8-12-7-14-9(2)19-12/h4-7,15H,3,8H2,1-2H3. The average molecular weight is 277 g/mol. The fourth-order valence-corrected chi connectivity index (χ4v) is 2.55. The second-order valence-electron chi connectivity index (χ2n) is 4.15. The molecule has 0 atom stereocenters. The van der Waals surface area contributed by atoms with Gasteiger partial charge in [-0.2, -0.15) is 0 Å². The SMILES string of the molecule is CCc1ccc(NCc2cnc(C)s2)cc1[N+](=O)[O-]. The highest BCUT2D eigenvalue weighted by molar-refractivity contribution is 7.11. The van der Waals surface area contributed by atoms with Crippen LogP contribution in [0.2, 0.25) is 0 Å². The van der Waals surface area contributed by atoms with Crippen molar-refractivity contribution in [3.63, 3.8) is 0 Å². The van der Waals surface area contributed by atoms with Gasteiger partial charge in [-0.25, -0.2) is 4.98 Å². The van der Waals surface area contributed by atoms with E-state index < -0.39 is 0 Å². The van der Waals surface area contributed by atoms with Gasteiger partial charge in [0.2, 0.25) is 0 Å². The molecule has 100 valence electrons. The summed E-state index contributed by atoms with van der Waals surface area (Å²) in [5, 5.41) is 15.2. The third-order valence-electron chi connectivity index (χ3n) is 2.80. The van der Waals surface area contributed by atoms with Crippen molar-refractivity contribution in [3.8, 4) is 0 Å². The third kappa shape index (κ3) is 3.29. The van der Waals surface area contributed by atoms with Crippen LogP contribution in [0.4, 0.5) is 11.4 Å². The first-order valence-electron chi connectivity index (χ1n) is 6.02. The van der Waals surface area contributed by atoms with E-state index in [1.54, 1.807) is 23.5 Å². The number of benzene rings is 1. The Kier molecular flexibility index (Phi) is 4.11. The molecule has 1 aromatic heterocycles. The molecule has 1 N–H and O–H groups in total. The number of nitrogens with zero attached hydrogens (tertiary/aromatic N) is 2. The molecule has 5 nitrogen and oxygen atoms in total. The summed E-state index contributed by atoms with van der Waals surface area (Å²) < 4.78 is 0. The zero-order valence-corrected chi connectivity index (χ0v) is 11.7. The van der Waals surface area contributed by atoms with Crippen LogP contribution in [0.15, 0.2) is 24.4 Å². The number of anilines is 1. The van der Waals surface area contributed by atoms with Crippen molar-refractivity contribution < 1.29 is 4.92 Å². The topological polar surface area (TPSA) is 68.1 Å². The summed E-state index contributed by atoms with van der Waals surface area (Å²) in [5.41, 5.74) is 1.69. The van der Waals surface area contributed by atoms with Crippen molar-refractivity contribution in [1.29, 1.82) is 0 Å². The molecule has 0 fully saturated rings. The molecule has 0 aliphatic rings. The van der Waals surface area contributed by atoms with Crippen LogP contribution in [0.3, 0.4) is 0 Å². The Morgan fingerprint density at radius 1 is 1.47 bits per heavy atom. The summed E-state index contributed by atoms with van der Waals surface area (Å²) in [6, 6.07) is 5.27. The fourth-order valence-electron chi connectivity index (χ4n) is 1.82. The van der Waals surface area contributed by atoms with E-state index in [0.29, 0.717) is 13.0 Å². The predicted octanol–water partition coefficient (Wildman–Crippen LogP) is 3.53. The molecular formula is C13H15N3O2S. The van der Waals surface area contributed by atoms with Gasteiger partial charge >= 0.3 is 0 Å². The monoisotopic (exact) mass is 277 g/mol. The minimum atomic E-state index is -0.332. The Hall–Kier alpha value is -1.95. The van der Waals surface area contributed by atoms with Crippen LogP contribution in [0.25, 0.3) is 0 Å². The van der Waals surface area contributed by atoms with Crippen LogP contribution in [0, 0.1) is 17.0 Å². The largest absolute Gasteiger partial charge is 0.380 e. The smallest absolute Gasteiger partial charge is 0.274 e. The number of thiazole rings is 1. The third-order valence-corrected chi connectivity index (χ3v) is 3.71. The van der Waals surface area contributed by atoms with Crippen molar-refractivity contribution in [1.82, 2.24) is 4.98 Å². The van der Waals surface area contributed by atoms with E-state index in [1.807, 2.05) is 26.1 Å². The van der Waals surface area contributed by atoms with E-state index in [2.05, 4.69) is 10.3 Å². The number of nitrogens with one attached hydrogen (secondary N) is 1. The first-order valence-corrected chi connectivity index (χ1v) is 6.84. The van der Waals surface area contributed by atoms with Gasteiger partial charge in [0.05, 0.1) is 16.5 Å². The molecule has 2 rings (SSSR count). The van der Waals surface area contributed by atoms with Crippen molar-refractivity contribution >= 4 is 22.7 Å². The van der Waals surface area contributed by atoms with Gasteiger partial charge in [0.1, 0.15) is 0 Å². The van der Waals surface area contributed by atoms with Crippen LogP contribution in [-0.4, -0.2) is 9.91 Å². The minimum Gasteiger partial charge on any atom is -0.380 e. The molecular weight excluding hydrogens is 262 g/mol. The molecule has 0 bridgehead atoms. The lowest BCUT2D eigenvalue weighted by atomic mass is 10.1. The second kappa shape index (κ2) is 5.79. The van der Waals surface area contributed by atoms with Crippen LogP contribution < -0.4 is 5.32 Å². The molecule has 0 unspecified atom stereocenters. The highest BCUT2D eigenvalue weighted by Gasteiger charge is 2.12. The minimum absolute atomic E-state index is 0.174. The van der Waals surface area contributed by atoms with Gasteiger partial charge in [-0.1, -0.05) is 13.0 Å². The maximum atomic E-state index is 11.0. The van der Waals surface area contributed by atoms with E-state index in [-0.39, 0.29) is 10.6 Å². The Labute approximate surface area is 115 Å². The molecule has 0 saturated carbocycles. The molecule has 0 spiro atoms. The number of aryl methyl sites for hydroxylation is 2. The van der Waals surface area contributed by atoms with Gasteiger partial charge in [0, 0.05) is 28.4 Å². The summed E-state index contributed by atoms with van der Waals surface area (Å²) in [6.45, 7) is 4.50. The lowest BCUT2D eigenvalue weighted by Crippen LogP contribution is -2.00. The van der Waals surface area contributed by atoms with Gasteiger partial charge in [-0.3, -0.25) is 10.1 Å². The summed E-state index contributed by atoms with van der Waals surface area (Å²) in [7, 11) is 0. The van der Waals surface area contributed by atoms with Gasteiger partial charge < -0.3 is 5.32 Å². The Morgan fingerprint density at radius 3 is 2.84 bits per heavy atom. The maximum absolute atomic E-state index is 11.0. The molecule has 0 amide bonds. The van der Waals surface area contributed by atoms with E-state index in [0.717, 1.165) is 21.1 Å². The first-order chi connectivity index (χ1) is 9.10. The summed E-state index contributed by atoms with van der Waals surface area (Å²) in [5.74, 6) is 0. The van der Waals surface area contributed by atoms with E-state index in [4.69, 9.17) is 0 Å². The quantitative estimate of drug-likeness (QED) is 0.670. The van der Waals surface area contributed by atoms with Crippen LogP contribution in [0.5, 0.6) is 0 Å².